The number of halogens is 1. The molecule has 1 aromatic carbocycles. The zero-order chi connectivity index (χ0) is 20.3. The zero-order valence-electron chi connectivity index (χ0n) is 15.6. The van der Waals surface area contributed by atoms with E-state index in [1.54, 1.807) is 49.8 Å². The molecule has 144 valence electrons. The fourth-order valence-corrected chi connectivity index (χ4v) is 3.08. The van der Waals surface area contributed by atoms with Gasteiger partial charge in [-0.3, -0.25) is 9.78 Å². The molecule has 7 nitrogen and oxygen atoms in total. The smallest absolute Gasteiger partial charge is 0.343 e. The predicted molar refractivity (Wildman–Crippen MR) is 106 cm³/mol. The molecule has 2 heterocycles. The van der Waals surface area contributed by atoms with Crippen LogP contribution in [-0.4, -0.2) is 43.1 Å². The van der Waals surface area contributed by atoms with Gasteiger partial charge in [0.05, 0.1) is 38.0 Å². The molecule has 0 N–H and O–H groups in total. The quantitative estimate of drug-likeness (QED) is 0.612. The summed E-state index contributed by atoms with van der Waals surface area (Å²) in [6.07, 6.45) is 3.31. The van der Waals surface area contributed by atoms with Crippen LogP contribution in [0.5, 0.6) is 5.88 Å². The number of hydrogen-bond donors (Lipinski definition) is 0. The highest BCUT2D eigenvalue weighted by Gasteiger charge is 2.20. The molecule has 1 amide bonds. The van der Waals surface area contributed by atoms with Crippen molar-refractivity contribution >= 4 is 40.1 Å². The monoisotopic (exact) mass is 399 g/mol. The number of methoxy groups -OCH3 is 2. The highest BCUT2D eigenvalue weighted by molar-refractivity contribution is 6.31. The number of aromatic nitrogens is 2. The van der Waals surface area contributed by atoms with E-state index in [4.69, 9.17) is 21.1 Å². The Morgan fingerprint density at radius 2 is 2.00 bits per heavy atom. The lowest BCUT2D eigenvalue weighted by atomic mass is 10.0. The molecule has 0 fully saturated rings. The Morgan fingerprint density at radius 1 is 1.21 bits per heavy atom. The summed E-state index contributed by atoms with van der Waals surface area (Å²) >= 11 is 6.23. The van der Waals surface area contributed by atoms with Crippen LogP contribution in [0.25, 0.3) is 10.9 Å². The van der Waals surface area contributed by atoms with E-state index in [2.05, 4.69) is 9.97 Å². The van der Waals surface area contributed by atoms with Crippen molar-refractivity contribution in [2.45, 2.75) is 6.42 Å². The summed E-state index contributed by atoms with van der Waals surface area (Å²) in [4.78, 5) is 34.7. The van der Waals surface area contributed by atoms with Crippen molar-refractivity contribution in [3.05, 3.63) is 58.9 Å². The van der Waals surface area contributed by atoms with E-state index in [1.165, 1.54) is 19.1 Å². The second kappa shape index (κ2) is 8.22. The summed E-state index contributed by atoms with van der Waals surface area (Å²) in [7, 11) is 4.37. The average molecular weight is 400 g/mol. The van der Waals surface area contributed by atoms with Gasteiger partial charge in [-0.05, 0) is 35.9 Å². The molecule has 0 saturated carbocycles. The fourth-order valence-electron chi connectivity index (χ4n) is 2.83. The van der Waals surface area contributed by atoms with Crippen LogP contribution >= 0.6 is 11.6 Å². The number of esters is 1. The number of amides is 1. The van der Waals surface area contributed by atoms with E-state index in [-0.39, 0.29) is 23.8 Å². The highest BCUT2D eigenvalue weighted by Crippen LogP contribution is 2.29. The minimum absolute atomic E-state index is 0.0657. The molecule has 8 heteroatoms. The lowest BCUT2D eigenvalue weighted by Gasteiger charge is -2.17. The van der Waals surface area contributed by atoms with Crippen LogP contribution < -0.4 is 9.64 Å². The Kier molecular flexibility index (Phi) is 5.75. The lowest BCUT2D eigenvalue weighted by Crippen LogP contribution is -2.28. The van der Waals surface area contributed by atoms with Crippen molar-refractivity contribution in [2.75, 3.05) is 26.2 Å². The second-order valence-electron chi connectivity index (χ2n) is 6.01. The van der Waals surface area contributed by atoms with Gasteiger partial charge in [0.15, 0.2) is 0 Å². The molecular weight excluding hydrogens is 382 g/mol. The van der Waals surface area contributed by atoms with Crippen molar-refractivity contribution in [3.8, 4) is 5.88 Å². The van der Waals surface area contributed by atoms with E-state index in [0.717, 1.165) is 0 Å². The molecule has 3 rings (SSSR count). The van der Waals surface area contributed by atoms with E-state index in [0.29, 0.717) is 27.2 Å². The maximum absolute atomic E-state index is 12.8. The molecule has 0 atom stereocenters. The third kappa shape index (κ3) is 3.89. The van der Waals surface area contributed by atoms with Crippen LogP contribution in [0.4, 0.5) is 5.69 Å². The van der Waals surface area contributed by atoms with E-state index in [9.17, 15) is 9.59 Å². The van der Waals surface area contributed by atoms with Gasteiger partial charge in [0.2, 0.25) is 11.8 Å². The molecule has 0 radical (unpaired) electrons. The van der Waals surface area contributed by atoms with Crippen molar-refractivity contribution in [2.24, 2.45) is 0 Å². The Bertz CT molecular complexity index is 1040. The Balaban J connectivity index is 2.03. The highest BCUT2D eigenvalue weighted by atomic mass is 35.5. The first-order chi connectivity index (χ1) is 13.4. The molecule has 0 aliphatic heterocycles. The molecule has 28 heavy (non-hydrogen) atoms. The predicted octanol–water partition coefficient (Wildman–Crippen LogP) is 3.28. The van der Waals surface area contributed by atoms with Gasteiger partial charge < -0.3 is 14.4 Å². The largest absolute Gasteiger partial charge is 0.480 e. The van der Waals surface area contributed by atoms with Crippen LogP contribution in [0, 0.1) is 0 Å². The maximum atomic E-state index is 12.8. The number of carbonyl (C=O) groups is 2. The number of rotatable bonds is 5. The Hall–Kier alpha value is -3.19. The van der Waals surface area contributed by atoms with Gasteiger partial charge in [0, 0.05) is 23.7 Å². The van der Waals surface area contributed by atoms with Gasteiger partial charge in [0.1, 0.15) is 5.56 Å². The number of carbonyl (C=O) groups excluding carboxylic acids is 2. The molecular formula is C20H18ClN3O4. The summed E-state index contributed by atoms with van der Waals surface area (Å²) in [5.74, 6) is -0.606. The average Bonchev–Trinajstić information content (AvgIpc) is 2.72. The third-order valence-corrected chi connectivity index (χ3v) is 4.49. The van der Waals surface area contributed by atoms with Crippen LogP contribution in [0.15, 0.2) is 42.7 Å². The molecule has 0 saturated heterocycles. The van der Waals surface area contributed by atoms with E-state index < -0.39 is 5.97 Å². The Morgan fingerprint density at radius 3 is 2.64 bits per heavy atom. The Labute approximate surface area is 166 Å². The van der Waals surface area contributed by atoms with Crippen molar-refractivity contribution < 1.29 is 19.1 Å². The minimum atomic E-state index is -0.569. The zero-order valence-corrected chi connectivity index (χ0v) is 16.4. The lowest BCUT2D eigenvalue weighted by molar-refractivity contribution is -0.117. The van der Waals surface area contributed by atoms with Crippen LogP contribution in [-0.2, 0) is 16.0 Å². The van der Waals surface area contributed by atoms with Crippen molar-refractivity contribution in [1.82, 2.24) is 9.97 Å². The number of ether oxygens (including phenoxy) is 2. The summed E-state index contributed by atoms with van der Waals surface area (Å²) in [5.41, 5.74) is 2.02. The minimum Gasteiger partial charge on any atom is -0.480 e. The number of likely N-dealkylation sites (N-methyl/N-ethyl adjacent to an activating group) is 1. The molecule has 0 unspecified atom stereocenters. The maximum Gasteiger partial charge on any atom is 0.343 e. The van der Waals surface area contributed by atoms with Gasteiger partial charge in [0.25, 0.3) is 0 Å². The van der Waals surface area contributed by atoms with Gasteiger partial charge in [-0.1, -0.05) is 11.6 Å². The number of fused-ring (bicyclic) bond motifs is 1. The molecule has 0 aliphatic rings. The SMILES string of the molecule is COC(=O)c1cc2cc(Cl)cc(CC(=O)N(C)c3cccnc3)c2nc1OC. The molecule has 0 bridgehead atoms. The van der Waals surface area contributed by atoms with Gasteiger partial charge >= 0.3 is 5.97 Å². The number of nitrogens with zero attached hydrogens (tertiary/aromatic N) is 3. The van der Waals surface area contributed by atoms with E-state index in [1.807, 2.05) is 0 Å². The summed E-state index contributed by atoms with van der Waals surface area (Å²) in [6, 6.07) is 8.51. The topological polar surface area (TPSA) is 81.6 Å². The van der Waals surface area contributed by atoms with Gasteiger partial charge in [-0.15, -0.1) is 0 Å². The summed E-state index contributed by atoms with van der Waals surface area (Å²) < 4.78 is 10.0. The first-order valence-corrected chi connectivity index (χ1v) is 8.74. The molecule has 0 spiro atoms. The first kappa shape index (κ1) is 19.6. The van der Waals surface area contributed by atoms with Crippen molar-refractivity contribution in [1.29, 1.82) is 0 Å². The fraction of sp³-hybridized carbons (Fsp3) is 0.200. The summed E-state index contributed by atoms with van der Waals surface area (Å²) in [5, 5.41) is 1.04. The van der Waals surface area contributed by atoms with Crippen molar-refractivity contribution in [3.63, 3.8) is 0 Å². The van der Waals surface area contributed by atoms with Crippen LogP contribution in [0.1, 0.15) is 15.9 Å². The van der Waals surface area contributed by atoms with Crippen LogP contribution in [0.3, 0.4) is 0 Å². The number of hydrogen-bond acceptors (Lipinski definition) is 6. The summed E-state index contributed by atoms with van der Waals surface area (Å²) in [6.45, 7) is 0. The number of benzene rings is 1. The van der Waals surface area contributed by atoms with Crippen LogP contribution in [0.2, 0.25) is 5.02 Å². The molecule has 3 aromatic rings. The normalized spacial score (nSPS) is 10.6. The number of anilines is 1. The second-order valence-corrected chi connectivity index (χ2v) is 6.45. The first-order valence-electron chi connectivity index (χ1n) is 8.36. The third-order valence-electron chi connectivity index (χ3n) is 4.27. The number of pyridine rings is 2. The van der Waals surface area contributed by atoms with Gasteiger partial charge in [-0.2, -0.15) is 0 Å². The standard InChI is InChI=1S/C20H18ClN3O4/c1-24(15-5-4-6-22-11-15)17(25)10-13-8-14(21)7-12-9-16(20(26)28-3)19(27-2)23-18(12)13/h4-9,11H,10H2,1-3H3. The van der Waals surface area contributed by atoms with E-state index >= 15 is 0 Å². The molecule has 0 aliphatic carbocycles. The van der Waals surface area contributed by atoms with Gasteiger partial charge in [-0.25, -0.2) is 9.78 Å². The molecule has 2 aromatic heterocycles.